The number of piperidine rings is 1. The van der Waals surface area contributed by atoms with Crippen molar-refractivity contribution in [2.75, 3.05) is 18.4 Å². The largest absolute Gasteiger partial charge is 0.317 e. The monoisotopic (exact) mass is 330 g/mol. The Labute approximate surface area is 144 Å². The Kier molecular flexibility index (Phi) is 4.61. The van der Waals surface area contributed by atoms with Crippen LogP contribution in [0.3, 0.4) is 0 Å². The van der Waals surface area contributed by atoms with Crippen LogP contribution in [0, 0.1) is 17.8 Å². The van der Waals surface area contributed by atoms with E-state index >= 15 is 0 Å². The van der Waals surface area contributed by atoms with Crippen molar-refractivity contribution in [2.45, 2.75) is 57.3 Å². The van der Waals surface area contributed by atoms with Crippen LogP contribution in [0.25, 0.3) is 0 Å². The Bertz CT molecular complexity index is 584. The van der Waals surface area contributed by atoms with E-state index in [1.165, 1.54) is 50.6 Å². The molecular formula is C19H30N4O. The molecule has 0 spiro atoms. The van der Waals surface area contributed by atoms with E-state index in [1.54, 1.807) is 0 Å². The number of nitrogens with zero attached hydrogens (tertiary/aromatic N) is 2. The molecule has 1 aromatic heterocycles. The zero-order valence-electron chi connectivity index (χ0n) is 14.8. The van der Waals surface area contributed by atoms with Gasteiger partial charge in [-0.15, -0.1) is 0 Å². The Morgan fingerprint density at radius 1 is 1.21 bits per heavy atom. The van der Waals surface area contributed by atoms with E-state index in [2.05, 4.69) is 21.8 Å². The topological polar surface area (TPSA) is 59.0 Å². The summed E-state index contributed by atoms with van der Waals surface area (Å²) in [4.78, 5) is 12.6. The van der Waals surface area contributed by atoms with Crippen LogP contribution in [-0.4, -0.2) is 28.8 Å². The Hall–Kier alpha value is -1.36. The summed E-state index contributed by atoms with van der Waals surface area (Å²) in [6.45, 7) is 2.23. The summed E-state index contributed by atoms with van der Waals surface area (Å²) in [6, 6.07) is 2.11. The van der Waals surface area contributed by atoms with Gasteiger partial charge in [0.1, 0.15) is 5.82 Å². The minimum Gasteiger partial charge on any atom is -0.317 e. The number of aryl methyl sites for hydroxylation is 1. The quantitative estimate of drug-likeness (QED) is 0.892. The van der Waals surface area contributed by atoms with Crippen molar-refractivity contribution in [3.8, 4) is 0 Å². The third-order valence-corrected chi connectivity index (χ3v) is 6.34. The van der Waals surface area contributed by atoms with E-state index in [0.29, 0.717) is 11.8 Å². The number of rotatable bonds is 4. The average molecular weight is 330 g/mol. The van der Waals surface area contributed by atoms with Crippen molar-refractivity contribution < 1.29 is 4.79 Å². The van der Waals surface area contributed by atoms with E-state index in [1.807, 2.05) is 11.7 Å². The molecule has 1 aromatic rings. The summed E-state index contributed by atoms with van der Waals surface area (Å²) in [5.41, 5.74) is 1.17. The fraction of sp³-hybridized carbons (Fsp3) is 0.789. The molecule has 0 aromatic carbocycles. The van der Waals surface area contributed by atoms with Crippen LogP contribution in [0.5, 0.6) is 0 Å². The molecule has 4 rings (SSSR count). The second kappa shape index (κ2) is 6.87. The molecule has 2 N–H and O–H groups in total. The fourth-order valence-corrected chi connectivity index (χ4v) is 4.73. The normalized spacial score (nSPS) is 28.7. The van der Waals surface area contributed by atoms with Crippen LogP contribution in [0.2, 0.25) is 0 Å². The number of amides is 1. The van der Waals surface area contributed by atoms with Crippen molar-refractivity contribution in [3.05, 3.63) is 11.8 Å². The first-order chi connectivity index (χ1) is 11.7. The number of hydrogen-bond donors (Lipinski definition) is 2. The predicted octanol–water partition coefficient (Wildman–Crippen LogP) is 3.04. The molecule has 0 radical (unpaired) electrons. The van der Waals surface area contributed by atoms with Gasteiger partial charge in [0.15, 0.2) is 0 Å². The van der Waals surface area contributed by atoms with E-state index < -0.39 is 0 Å². The van der Waals surface area contributed by atoms with E-state index in [0.717, 1.165) is 31.2 Å². The van der Waals surface area contributed by atoms with Gasteiger partial charge in [0, 0.05) is 24.9 Å². The lowest BCUT2D eigenvalue weighted by Gasteiger charge is -2.22. The maximum atomic E-state index is 12.6. The van der Waals surface area contributed by atoms with E-state index in [4.69, 9.17) is 0 Å². The third kappa shape index (κ3) is 3.37. The lowest BCUT2D eigenvalue weighted by atomic mass is 9.87. The van der Waals surface area contributed by atoms with Crippen LogP contribution in [0.4, 0.5) is 5.82 Å². The molecule has 0 unspecified atom stereocenters. The maximum Gasteiger partial charge on any atom is 0.228 e. The highest BCUT2D eigenvalue weighted by atomic mass is 16.2. The third-order valence-electron chi connectivity index (χ3n) is 6.34. The first-order valence-electron chi connectivity index (χ1n) is 9.78. The molecule has 3 aliphatic rings. The molecule has 2 aliphatic carbocycles. The molecule has 1 aliphatic heterocycles. The molecule has 132 valence electrons. The molecule has 0 bridgehead atoms. The highest BCUT2D eigenvalue weighted by Crippen LogP contribution is 2.47. The lowest BCUT2D eigenvalue weighted by molar-refractivity contribution is -0.117. The van der Waals surface area contributed by atoms with Gasteiger partial charge in [0.2, 0.25) is 5.91 Å². The summed E-state index contributed by atoms with van der Waals surface area (Å²) in [5, 5.41) is 11.2. The molecule has 5 nitrogen and oxygen atoms in total. The van der Waals surface area contributed by atoms with Crippen LogP contribution < -0.4 is 10.6 Å². The molecule has 1 saturated heterocycles. The number of carbonyl (C=O) groups excluding carboxylic acids is 1. The summed E-state index contributed by atoms with van der Waals surface area (Å²) in [6.07, 6.45) is 9.98. The van der Waals surface area contributed by atoms with Gasteiger partial charge in [0.25, 0.3) is 0 Å². The molecule has 2 heterocycles. The van der Waals surface area contributed by atoms with Crippen molar-refractivity contribution in [1.29, 1.82) is 0 Å². The number of aromatic nitrogens is 2. The number of anilines is 1. The molecule has 5 heteroatoms. The van der Waals surface area contributed by atoms with Crippen molar-refractivity contribution in [3.63, 3.8) is 0 Å². The molecule has 3 fully saturated rings. The van der Waals surface area contributed by atoms with Crippen LogP contribution in [-0.2, 0) is 11.8 Å². The first kappa shape index (κ1) is 16.1. The van der Waals surface area contributed by atoms with Gasteiger partial charge in [-0.25, -0.2) is 0 Å². The molecule has 1 amide bonds. The maximum absolute atomic E-state index is 12.6. The molecular weight excluding hydrogens is 300 g/mol. The van der Waals surface area contributed by atoms with Crippen molar-refractivity contribution >= 4 is 11.7 Å². The first-order valence-corrected chi connectivity index (χ1v) is 9.78. The Morgan fingerprint density at radius 2 is 1.96 bits per heavy atom. The number of nitrogens with one attached hydrogen (secondary N) is 2. The Morgan fingerprint density at radius 3 is 2.71 bits per heavy atom. The highest BCUT2D eigenvalue weighted by molar-refractivity contribution is 5.93. The average Bonchev–Trinajstić information content (AvgIpc) is 3.35. The predicted molar refractivity (Wildman–Crippen MR) is 94.9 cm³/mol. The van der Waals surface area contributed by atoms with Crippen LogP contribution in [0.15, 0.2) is 6.07 Å². The van der Waals surface area contributed by atoms with Gasteiger partial charge in [0.05, 0.1) is 5.69 Å². The summed E-state index contributed by atoms with van der Waals surface area (Å²) in [5.74, 6) is 3.23. The number of hydrogen-bond acceptors (Lipinski definition) is 3. The van der Waals surface area contributed by atoms with Crippen LogP contribution in [0.1, 0.15) is 63.0 Å². The smallest absolute Gasteiger partial charge is 0.228 e. The van der Waals surface area contributed by atoms with Gasteiger partial charge in [-0.1, -0.05) is 19.3 Å². The van der Waals surface area contributed by atoms with E-state index in [9.17, 15) is 4.79 Å². The van der Waals surface area contributed by atoms with Gasteiger partial charge in [-0.2, -0.15) is 5.10 Å². The van der Waals surface area contributed by atoms with Crippen LogP contribution >= 0.6 is 0 Å². The van der Waals surface area contributed by atoms with E-state index in [-0.39, 0.29) is 11.8 Å². The van der Waals surface area contributed by atoms with Gasteiger partial charge >= 0.3 is 0 Å². The number of carbonyl (C=O) groups is 1. The van der Waals surface area contributed by atoms with Crippen molar-refractivity contribution in [2.24, 2.45) is 24.8 Å². The Balaban J connectivity index is 1.35. The standard InChI is InChI=1S/C19H30N4O/c1-23-18(12-17(22-23)14-5-3-2-4-6-14)21-19(24)16-11-15(16)13-7-9-20-10-8-13/h12-16,20H,2-11H2,1H3,(H,21,24)/t15-,16+/m0/s1. The zero-order chi connectivity index (χ0) is 16.5. The van der Waals surface area contributed by atoms with Gasteiger partial charge in [-0.05, 0) is 57.0 Å². The minimum absolute atomic E-state index is 0.205. The second-order valence-electron chi connectivity index (χ2n) is 8.00. The summed E-state index contributed by atoms with van der Waals surface area (Å²) < 4.78 is 1.85. The zero-order valence-corrected chi connectivity index (χ0v) is 14.8. The highest BCUT2D eigenvalue weighted by Gasteiger charge is 2.47. The second-order valence-corrected chi connectivity index (χ2v) is 8.00. The molecule has 2 saturated carbocycles. The summed E-state index contributed by atoms with van der Waals surface area (Å²) in [7, 11) is 1.94. The van der Waals surface area contributed by atoms with Gasteiger partial charge in [-0.3, -0.25) is 9.48 Å². The lowest BCUT2D eigenvalue weighted by Crippen LogP contribution is -2.29. The SMILES string of the molecule is Cn1nc(C2CCCCC2)cc1NC(=O)[C@@H]1C[C@H]1C1CCNCC1. The molecule has 24 heavy (non-hydrogen) atoms. The summed E-state index contributed by atoms with van der Waals surface area (Å²) >= 11 is 0. The minimum atomic E-state index is 0.205. The van der Waals surface area contributed by atoms with Crippen molar-refractivity contribution in [1.82, 2.24) is 15.1 Å². The fourth-order valence-electron chi connectivity index (χ4n) is 4.73. The van der Waals surface area contributed by atoms with Gasteiger partial charge < -0.3 is 10.6 Å². The molecule has 2 atom stereocenters.